The van der Waals surface area contributed by atoms with Crippen LogP contribution in [0.3, 0.4) is 0 Å². The molecule has 1 unspecified atom stereocenters. The summed E-state index contributed by atoms with van der Waals surface area (Å²) in [6.45, 7) is 2.01. The molecule has 0 saturated carbocycles. The standard InChI is InChI=1S/C12H16O3S/c1-3-8-16(14)9-10-4-6-11(7-5-10)12(13)15-2/h4-7H,3,8-9H2,1-2H3. The first-order chi connectivity index (χ1) is 7.67. The maximum absolute atomic E-state index is 11.5. The van der Waals surface area contributed by atoms with E-state index in [1.807, 2.05) is 19.1 Å². The summed E-state index contributed by atoms with van der Waals surface area (Å²) in [6, 6.07) is 7.04. The van der Waals surface area contributed by atoms with Crippen LogP contribution < -0.4 is 0 Å². The molecule has 0 amide bonds. The van der Waals surface area contributed by atoms with Gasteiger partial charge in [0, 0.05) is 22.3 Å². The van der Waals surface area contributed by atoms with Gasteiger partial charge >= 0.3 is 5.97 Å². The second-order valence-corrected chi connectivity index (χ2v) is 5.05. The SMILES string of the molecule is CCCS(=O)Cc1ccc(C(=O)OC)cc1. The van der Waals surface area contributed by atoms with E-state index in [2.05, 4.69) is 4.74 Å². The molecule has 0 spiro atoms. The number of esters is 1. The molecule has 0 aromatic heterocycles. The van der Waals surface area contributed by atoms with Crippen LogP contribution in [-0.2, 0) is 21.3 Å². The maximum Gasteiger partial charge on any atom is 0.337 e. The first kappa shape index (κ1) is 12.9. The lowest BCUT2D eigenvalue weighted by Crippen LogP contribution is -2.03. The molecule has 1 rings (SSSR count). The highest BCUT2D eigenvalue weighted by Crippen LogP contribution is 2.08. The van der Waals surface area contributed by atoms with Crippen LogP contribution in [0.1, 0.15) is 29.3 Å². The molecule has 0 N–H and O–H groups in total. The fraction of sp³-hybridized carbons (Fsp3) is 0.417. The average molecular weight is 240 g/mol. The van der Waals surface area contributed by atoms with Crippen LogP contribution in [0.2, 0.25) is 0 Å². The van der Waals surface area contributed by atoms with Gasteiger partial charge in [0.15, 0.2) is 0 Å². The minimum Gasteiger partial charge on any atom is -0.465 e. The molecule has 1 aromatic rings. The van der Waals surface area contributed by atoms with E-state index in [-0.39, 0.29) is 5.97 Å². The summed E-state index contributed by atoms with van der Waals surface area (Å²) in [6.07, 6.45) is 0.923. The van der Waals surface area contributed by atoms with Crippen molar-refractivity contribution in [1.82, 2.24) is 0 Å². The average Bonchev–Trinajstić information content (AvgIpc) is 2.29. The van der Waals surface area contributed by atoms with Gasteiger partial charge < -0.3 is 4.74 Å². The molecule has 1 atom stereocenters. The zero-order chi connectivity index (χ0) is 12.0. The monoisotopic (exact) mass is 240 g/mol. The normalized spacial score (nSPS) is 12.1. The largest absolute Gasteiger partial charge is 0.465 e. The third-order valence-electron chi connectivity index (χ3n) is 2.13. The minimum atomic E-state index is -0.806. The number of benzene rings is 1. The van der Waals surface area contributed by atoms with E-state index in [4.69, 9.17) is 0 Å². The molecular formula is C12H16O3S. The molecular weight excluding hydrogens is 224 g/mol. The molecule has 3 nitrogen and oxygen atoms in total. The fourth-order valence-electron chi connectivity index (χ4n) is 1.34. The van der Waals surface area contributed by atoms with Crippen molar-refractivity contribution in [3.8, 4) is 0 Å². The van der Waals surface area contributed by atoms with Gasteiger partial charge in [0.25, 0.3) is 0 Å². The Hall–Kier alpha value is -1.16. The highest BCUT2D eigenvalue weighted by molar-refractivity contribution is 7.84. The Balaban J connectivity index is 2.64. The second kappa shape index (κ2) is 6.43. The smallest absolute Gasteiger partial charge is 0.337 e. The van der Waals surface area contributed by atoms with Crippen LogP contribution in [0.5, 0.6) is 0 Å². The summed E-state index contributed by atoms with van der Waals surface area (Å²) in [4.78, 5) is 11.2. The molecule has 1 aromatic carbocycles. The fourth-order valence-corrected chi connectivity index (χ4v) is 2.50. The topological polar surface area (TPSA) is 43.4 Å². The Labute approximate surface area is 98.3 Å². The Kier molecular flexibility index (Phi) is 5.19. The van der Waals surface area contributed by atoms with Gasteiger partial charge in [-0.3, -0.25) is 4.21 Å². The molecule has 0 fully saturated rings. The molecule has 88 valence electrons. The van der Waals surface area contributed by atoms with Gasteiger partial charge in [-0.2, -0.15) is 0 Å². The molecule has 0 heterocycles. The zero-order valence-corrected chi connectivity index (χ0v) is 10.4. The summed E-state index contributed by atoms with van der Waals surface area (Å²) < 4.78 is 16.1. The predicted octanol–water partition coefficient (Wildman–Crippen LogP) is 2.13. The number of carbonyl (C=O) groups excluding carboxylic acids is 1. The highest BCUT2D eigenvalue weighted by atomic mass is 32.2. The number of carbonyl (C=O) groups is 1. The Morgan fingerprint density at radius 2 is 1.94 bits per heavy atom. The van der Waals surface area contributed by atoms with E-state index < -0.39 is 10.8 Å². The second-order valence-electron chi connectivity index (χ2n) is 3.48. The van der Waals surface area contributed by atoms with E-state index in [1.165, 1.54) is 7.11 Å². The van der Waals surface area contributed by atoms with Gasteiger partial charge in [-0.1, -0.05) is 19.1 Å². The van der Waals surface area contributed by atoms with Crippen LogP contribution >= 0.6 is 0 Å². The van der Waals surface area contributed by atoms with Crippen molar-refractivity contribution in [3.63, 3.8) is 0 Å². The maximum atomic E-state index is 11.5. The molecule has 0 aliphatic rings. The lowest BCUT2D eigenvalue weighted by atomic mass is 10.1. The van der Waals surface area contributed by atoms with Crippen molar-refractivity contribution < 1.29 is 13.7 Å². The number of hydrogen-bond acceptors (Lipinski definition) is 3. The quantitative estimate of drug-likeness (QED) is 0.740. The van der Waals surface area contributed by atoms with Crippen LogP contribution in [0.25, 0.3) is 0 Å². The van der Waals surface area contributed by atoms with Crippen LogP contribution in [-0.4, -0.2) is 23.0 Å². The highest BCUT2D eigenvalue weighted by Gasteiger charge is 2.05. The number of methoxy groups -OCH3 is 1. The van der Waals surface area contributed by atoms with Gasteiger partial charge in [-0.15, -0.1) is 0 Å². The number of rotatable bonds is 5. The molecule has 0 aliphatic carbocycles. The van der Waals surface area contributed by atoms with E-state index in [9.17, 15) is 9.00 Å². The van der Waals surface area contributed by atoms with Crippen molar-refractivity contribution in [3.05, 3.63) is 35.4 Å². The van der Waals surface area contributed by atoms with Gasteiger partial charge in [-0.05, 0) is 24.1 Å². The molecule has 0 aliphatic heterocycles. The lowest BCUT2D eigenvalue weighted by Gasteiger charge is -2.03. The number of ether oxygens (including phenoxy) is 1. The summed E-state index contributed by atoms with van der Waals surface area (Å²) in [5.74, 6) is 0.926. The summed E-state index contributed by atoms with van der Waals surface area (Å²) in [5.41, 5.74) is 1.51. The predicted molar refractivity (Wildman–Crippen MR) is 64.8 cm³/mol. The summed E-state index contributed by atoms with van der Waals surface area (Å²) >= 11 is 0. The van der Waals surface area contributed by atoms with E-state index in [0.717, 1.165) is 17.7 Å². The van der Waals surface area contributed by atoms with Gasteiger partial charge in [0.2, 0.25) is 0 Å². The first-order valence-electron chi connectivity index (χ1n) is 5.19. The van der Waals surface area contributed by atoms with Crippen molar-refractivity contribution in [2.75, 3.05) is 12.9 Å². The lowest BCUT2D eigenvalue weighted by molar-refractivity contribution is 0.0600. The Morgan fingerprint density at radius 3 is 2.44 bits per heavy atom. The van der Waals surface area contributed by atoms with E-state index >= 15 is 0 Å². The third-order valence-corrected chi connectivity index (χ3v) is 3.65. The van der Waals surface area contributed by atoms with Crippen LogP contribution in [0.15, 0.2) is 24.3 Å². The Morgan fingerprint density at radius 1 is 1.31 bits per heavy atom. The Bertz CT molecular complexity index is 370. The summed E-state index contributed by atoms with van der Waals surface area (Å²) in [7, 11) is 0.547. The van der Waals surface area contributed by atoms with Gasteiger partial charge in [-0.25, -0.2) is 4.79 Å². The van der Waals surface area contributed by atoms with Crippen LogP contribution in [0, 0.1) is 0 Å². The van der Waals surface area contributed by atoms with Crippen molar-refractivity contribution in [2.24, 2.45) is 0 Å². The first-order valence-corrected chi connectivity index (χ1v) is 6.68. The molecule has 0 bridgehead atoms. The van der Waals surface area contributed by atoms with E-state index in [1.54, 1.807) is 12.1 Å². The minimum absolute atomic E-state index is 0.346. The summed E-state index contributed by atoms with van der Waals surface area (Å²) in [5, 5.41) is 0. The van der Waals surface area contributed by atoms with Gasteiger partial charge in [0.05, 0.1) is 12.7 Å². The van der Waals surface area contributed by atoms with Crippen molar-refractivity contribution in [1.29, 1.82) is 0 Å². The zero-order valence-electron chi connectivity index (χ0n) is 9.56. The van der Waals surface area contributed by atoms with E-state index in [0.29, 0.717) is 11.3 Å². The number of hydrogen-bond donors (Lipinski definition) is 0. The van der Waals surface area contributed by atoms with Gasteiger partial charge in [0.1, 0.15) is 0 Å². The molecule has 0 radical (unpaired) electrons. The van der Waals surface area contributed by atoms with Crippen molar-refractivity contribution >= 4 is 16.8 Å². The molecule has 0 saturated heterocycles. The molecule has 16 heavy (non-hydrogen) atoms. The van der Waals surface area contributed by atoms with Crippen molar-refractivity contribution in [2.45, 2.75) is 19.1 Å². The third kappa shape index (κ3) is 3.77. The molecule has 4 heteroatoms. The van der Waals surface area contributed by atoms with Crippen LogP contribution in [0.4, 0.5) is 0 Å².